The van der Waals surface area contributed by atoms with Gasteiger partial charge >= 0.3 is 0 Å². The van der Waals surface area contributed by atoms with Crippen molar-refractivity contribution in [2.45, 2.75) is 57.0 Å². The van der Waals surface area contributed by atoms with Crippen molar-refractivity contribution in [2.75, 3.05) is 19.6 Å². The Morgan fingerprint density at radius 3 is 2.87 bits per heavy atom. The van der Waals surface area contributed by atoms with Gasteiger partial charge in [-0.3, -0.25) is 4.68 Å². The first-order valence-corrected chi connectivity index (χ1v) is 10.2. The Hall–Kier alpha value is -0.920. The lowest BCUT2D eigenvalue weighted by Gasteiger charge is -2.32. The summed E-state index contributed by atoms with van der Waals surface area (Å²) >= 11 is 0. The van der Waals surface area contributed by atoms with Gasteiger partial charge in [0.25, 0.3) is 0 Å². The SMILES string of the molecule is C[C@@H]1CCCN(C[C@@H](C)NS(=O)(=O)c2cnn(CC3CC3)c2)C1. The zero-order valence-corrected chi connectivity index (χ0v) is 14.9. The van der Waals surface area contributed by atoms with Gasteiger partial charge in [0.2, 0.25) is 10.0 Å². The molecule has 130 valence electrons. The van der Waals surface area contributed by atoms with Gasteiger partial charge in [0, 0.05) is 31.9 Å². The highest BCUT2D eigenvalue weighted by Gasteiger charge is 2.25. The fraction of sp³-hybridized carbons (Fsp3) is 0.812. The molecule has 1 N–H and O–H groups in total. The molecule has 0 radical (unpaired) electrons. The number of rotatable bonds is 7. The molecule has 2 atom stereocenters. The maximum atomic E-state index is 12.5. The highest BCUT2D eigenvalue weighted by molar-refractivity contribution is 7.89. The molecule has 1 aliphatic carbocycles. The zero-order valence-electron chi connectivity index (χ0n) is 14.1. The van der Waals surface area contributed by atoms with Gasteiger partial charge in [0.1, 0.15) is 4.90 Å². The minimum atomic E-state index is -3.48. The van der Waals surface area contributed by atoms with Crippen molar-refractivity contribution in [3.8, 4) is 0 Å². The average Bonchev–Trinajstić information content (AvgIpc) is 3.12. The summed E-state index contributed by atoms with van der Waals surface area (Å²) in [6, 6.07) is -0.0999. The molecule has 0 unspecified atom stereocenters. The van der Waals surface area contributed by atoms with Crippen LogP contribution in [0.5, 0.6) is 0 Å². The highest BCUT2D eigenvalue weighted by Crippen LogP contribution is 2.30. The summed E-state index contributed by atoms with van der Waals surface area (Å²) in [5, 5.41) is 4.18. The summed E-state index contributed by atoms with van der Waals surface area (Å²) in [5.41, 5.74) is 0. The Labute approximate surface area is 139 Å². The van der Waals surface area contributed by atoms with Gasteiger partial charge in [-0.05, 0) is 51.0 Å². The molecule has 23 heavy (non-hydrogen) atoms. The largest absolute Gasteiger partial charge is 0.301 e. The van der Waals surface area contributed by atoms with Crippen LogP contribution in [0, 0.1) is 11.8 Å². The van der Waals surface area contributed by atoms with E-state index in [1.165, 1.54) is 31.9 Å². The second-order valence-corrected chi connectivity index (χ2v) is 9.08. The zero-order chi connectivity index (χ0) is 16.4. The minimum Gasteiger partial charge on any atom is -0.301 e. The Bertz CT molecular complexity index is 624. The Kier molecular flexibility index (Phi) is 5.08. The van der Waals surface area contributed by atoms with E-state index in [0.29, 0.717) is 11.8 Å². The number of hydrogen-bond acceptors (Lipinski definition) is 4. The van der Waals surface area contributed by atoms with Gasteiger partial charge < -0.3 is 4.90 Å². The van der Waals surface area contributed by atoms with Gasteiger partial charge in [0.05, 0.1) is 6.20 Å². The number of piperidine rings is 1. The third-order valence-electron chi connectivity index (χ3n) is 4.69. The molecule has 7 heteroatoms. The van der Waals surface area contributed by atoms with Gasteiger partial charge in [-0.25, -0.2) is 13.1 Å². The standard InChI is InChI=1S/C16H28N4O2S/c1-13-4-3-7-19(9-13)10-14(2)18-23(21,22)16-8-17-20(12-16)11-15-5-6-15/h8,12-15,18H,3-7,9-11H2,1-2H3/t13-,14-/m1/s1. The van der Waals surface area contributed by atoms with Gasteiger partial charge in [0.15, 0.2) is 0 Å². The maximum Gasteiger partial charge on any atom is 0.243 e. The van der Waals surface area contributed by atoms with E-state index < -0.39 is 10.0 Å². The van der Waals surface area contributed by atoms with Crippen molar-refractivity contribution in [1.29, 1.82) is 0 Å². The molecule has 3 rings (SSSR count). The highest BCUT2D eigenvalue weighted by atomic mass is 32.2. The number of likely N-dealkylation sites (tertiary alicyclic amines) is 1. The normalized spacial score (nSPS) is 24.7. The molecule has 1 aromatic rings. The van der Waals surface area contributed by atoms with E-state index in [1.807, 2.05) is 6.92 Å². The van der Waals surface area contributed by atoms with Crippen LogP contribution in [0.1, 0.15) is 39.5 Å². The summed E-state index contributed by atoms with van der Waals surface area (Å²) in [6.45, 7) is 7.92. The molecular formula is C16H28N4O2S. The van der Waals surface area contributed by atoms with E-state index in [0.717, 1.165) is 26.2 Å². The van der Waals surface area contributed by atoms with Crippen LogP contribution in [0.25, 0.3) is 0 Å². The average molecular weight is 340 g/mol. The number of nitrogens with one attached hydrogen (secondary N) is 1. The van der Waals surface area contributed by atoms with Crippen LogP contribution < -0.4 is 4.72 Å². The summed E-state index contributed by atoms with van der Waals surface area (Å²) in [7, 11) is -3.48. The quantitative estimate of drug-likeness (QED) is 0.820. The number of aromatic nitrogens is 2. The predicted molar refractivity (Wildman–Crippen MR) is 89.6 cm³/mol. The molecular weight excluding hydrogens is 312 g/mol. The summed E-state index contributed by atoms with van der Waals surface area (Å²) < 4.78 is 29.5. The number of hydrogen-bond donors (Lipinski definition) is 1. The fourth-order valence-corrected chi connectivity index (χ4v) is 4.54. The predicted octanol–water partition coefficient (Wildman–Crippen LogP) is 1.69. The first-order valence-electron chi connectivity index (χ1n) is 8.69. The van der Waals surface area contributed by atoms with E-state index >= 15 is 0 Å². The van der Waals surface area contributed by atoms with E-state index in [2.05, 4.69) is 21.6 Å². The number of sulfonamides is 1. The monoisotopic (exact) mass is 340 g/mol. The molecule has 0 bridgehead atoms. The van der Waals surface area contributed by atoms with Crippen molar-refractivity contribution in [3.63, 3.8) is 0 Å². The first-order chi connectivity index (χ1) is 10.9. The molecule has 0 aromatic carbocycles. The molecule has 2 aliphatic rings. The van der Waals surface area contributed by atoms with Crippen LogP contribution in [0.4, 0.5) is 0 Å². The van der Waals surface area contributed by atoms with Gasteiger partial charge in [-0.2, -0.15) is 5.10 Å². The lowest BCUT2D eigenvalue weighted by Crippen LogP contribution is -2.45. The molecule has 6 nitrogen and oxygen atoms in total. The van der Waals surface area contributed by atoms with Crippen LogP contribution in [0.3, 0.4) is 0 Å². The van der Waals surface area contributed by atoms with Crippen LogP contribution in [0.2, 0.25) is 0 Å². The van der Waals surface area contributed by atoms with E-state index in [-0.39, 0.29) is 10.9 Å². The second kappa shape index (κ2) is 6.91. The topological polar surface area (TPSA) is 67.2 Å². The molecule has 2 fully saturated rings. The molecule has 1 saturated heterocycles. The van der Waals surface area contributed by atoms with Gasteiger partial charge in [-0.15, -0.1) is 0 Å². The van der Waals surface area contributed by atoms with Crippen molar-refractivity contribution >= 4 is 10.0 Å². The third-order valence-corrected chi connectivity index (χ3v) is 6.24. The van der Waals surface area contributed by atoms with E-state index in [1.54, 1.807) is 10.9 Å². The van der Waals surface area contributed by atoms with Crippen molar-refractivity contribution in [1.82, 2.24) is 19.4 Å². The minimum absolute atomic E-state index is 0.0999. The lowest BCUT2D eigenvalue weighted by atomic mass is 10.00. The van der Waals surface area contributed by atoms with E-state index in [9.17, 15) is 8.42 Å². The summed E-state index contributed by atoms with van der Waals surface area (Å²) in [6.07, 6.45) is 8.04. The van der Waals surface area contributed by atoms with Crippen LogP contribution >= 0.6 is 0 Å². The molecule has 0 spiro atoms. The Morgan fingerprint density at radius 1 is 1.39 bits per heavy atom. The number of nitrogens with zero attached hydrogens (tertiary/aromatic N) is 3. The molecule has 1 saturated carbocycles. The third kappa shape index (κ3) is 4.78. The van der Waals surface area contributed by atoms with Crippen LogP contribution in [0.15, 0.2) is 17.3 Å². The van der Waals surface area contributed by atoms with Gasteiger partial charge in [-0.1, -0.05) is 6.92 Å². The molecule has 2 heterocycles. The van der Waals surface area contributed by atoms with E-state index in [4.69, 9.17) is 0 Å². The fourth-order valence-electron chi connectivity index (χ4n) is 3.36. The van der Waals surface area contributed by atoms with Crippen molar-refractivity contribution in [2.24, 2.45) is 11.8 Å². The van der Waals surface area contributed by atoms with Crippen molar-refractivity contribution < 1.29 is 8.42 Å². The first kappa shape index (κ1) is 16.9. The molecule has 0 amide bonds. The second-order valence-electron chi connectivity index (χ2n) is 7.37. The summed E-state index contributed by atoms with van der Waals surface area (Å²) in [5.74, 6) is 1.38. The van der Waals surface area contributed by atoms with Crippen molar-refractivity contribution in [3.05, 3.63) is 12.4 Å². The summed E-state index contributed by atoms with van der Waals surface area (Å²) in [4.78, 5) is 2.63. The molecule has 1 aromatic heterocycles. The smallest absolute Gasteiger partial charge is 0.243 e. The Morgan fingerprint density at radius 2 is 2.17 bits per heavy atom. The van der Waals surface area contributed by atoms with Crippen LogP contribution in [-0.2, 0) is 16.6 Å². The molecule has 1 aliphatic heterocycles. The van der Waals surface area contributed by atoms with Crippen LogP contribution in [-0.4, -0.2) is 48.8 Å². The Balaban J connectivity index is 1.55. The lowest BCUT2D eigenvalue weighted by molar-refractivity contribution is 0.174. The maximum absolute atomic E-state index is 12.5.